The summed E-state index contributed by atoms with van der Waals surface area (Å²) in [5.74, 6) is -1.64. The Kier molecular flexibility index (Phi) is 6.53. The number of rotatable bonds is 1. The second-order valence-electron chi connectivity index (χ2n) is 1.48. The number of hydrogen-bond acceptors (Lipinski definition) is 1. The molecule has 0 aliphatic heterocycles. The van der Waals surface area contributed by atoms with E-state index in [0.717, 1.165) is 6.92 Å². The van der Waals surface area contributed by atoms with Crippen molar-refractivity contribution in [2.45, 2.75) is 12.9 Å². The molecule has 0 aromatic rings. The van der Waals surface area contributed by atoms with E-state index in [1.807, 2.05) is 0 Å². The summed E-state index contributed by atoms with van der Waals surface area (Å²) in [5, 5.41) is 0. The molecule has 0 spiro atoms. The molecule has 0 fully saturated rings. The summed E-state index contributed by atoms with van der Waals surface area (Å²) in [6, 6.07) is 0. The minimum absolute atomic E-state index is 0. The average molecular weight is 151 g/mol. The second-order valence-corrected chi connectivity index (χ2v) is 1.48. The standard InChI is InChI=1S/C2H6BF3N.K/c1-2(7)3(4,5)6;/h2H,7H2,1H3;/q-1;+1/t2-;/m1./s1. The summed E-state index contributed by atoms with van der Waals surface area (Å²) in [6.45, 7) is -3.85. The van der Waals surface area contributed by atoms with Crippen LogP contribution in [0.4, 0.5) is 12.9 Å². The van der Waals surface area contributed by atoms with Gasteiger partial charge in [0.1, 0.15) is 0 Å². The van der Waals surface area contributed by atoms with Crippen molar-refractivity contribution < 1.29 is 64.3 Å². The molecule has 0 radical (unpaired) electrons. The Morgan fingerprint density at radius 1 is 1.38 bits per heavy atom. The van der Waals surface area contributed by atoms with Gasteiger partial charge in [0.15, 0.2) is 0 Å². The summed E-state index contributed by atoms with van der Waals surface area (Å²) in [4.78, 5) is 0. The van der Waals surface area contributed by atoms with Gasteiger partial charge in [-0.1, -0.05) is 6.92 Å². The Balaban J connectivity index is 0. The second kappa shape index (κ2) is 4.30. The maximum atomic E-state index is 11.1. The molecular weight excluding hydrogens is 145 g/mol. The molecule has 1 atom stereocenters. The molecule has 0 rings (SSSR count). The monoisotopic (exact) mass is 151 g/mol. The largest absolute Gasteiger partial charge is 1.00 e. The molecule has 6 heteroatoms. The Bertz CT molecular complexity index is 62.8. The normalized spacial score (nSPS) is 14.6. The van der Waals surface area contributed by atoms with E-state index < -0.39 is 12.9 Å². The predicted molar refractivity (Wildman–Crippen MR) is 22.7 cm³/mol. The Labute approximate surface area is 88.7 Å². The Morgan fingerprint density at radius 3 is 1.50 bits per heavy atom. The summed E-state index contributed by atoms with van der Waals surface area (Å²) in [7, 11) is 0. The van der Waals surface area contributed by atoms with Crippen LogP contribution in [0, 0.1) is 0 Å². The first-order valence-electron chi connectivity index (χ1n) is 1.90. The average Bonchev–Trinajstić information content (AvgIpc) is 1.31. The molecule has 0 aliphatic carbocycles. The minimum Gasteiger partial charge on any atom is -0.448 e. The number of hydrogen-bond donors (Lipinski definition) is 1. The van der Waals surface area contributed by atoms with Gasteiger partial charge in [-0.05, 0) is 5.94 Å². The third kappa shape index (κ3) is 5.59. The van der Waals surface area contributed by atoms with Crippen molar-refractivity contribution >= 4 is 6.98 Å². The van der Waals surface area contributed by atoms with Crippen LogP contribution in [0.1, 0.15) is 6.92 Å². The smallest absolute Gasteiger partial charge is 0.448 e. The molecule has 0 aromatic carbocycles. The van der Waals surface area contributed by atoms with Gasteiger partial charge in [0.25, 0.3) is 0 Å². The fourth-order valence-electron chi connectivity index (χ4n) is 0. The molecule has 0 aromatic heterocycles. The van der Waals surface area contributed by atoms with Crippen LogP contribution in [0.2, 0.25) is 0 Å². The molecule has 0 amide bonds. The maximum Gasteiger partial charge on any atom is 1.00 e. The van der Waals surface area contributed by atoms with Gasteiger partial charge >= 0.3 is 58.4 Å². The van der Waals surface area contributed by atoms with Crippen molar-refractivity contribution in [3.8, 4) is 0 Å². The Morgan fingerprint density at radius 2 is 1.50 bits per heavy atom. The molecule has 44 valence electrons. The van der Waals surface area contributed by atoms with E-state index in [-0.39, 0.29) is 51.4 Å². The molecule has 2 N–H and O–H groups in total. The van der Waals surface area contributed by atoms with E-state index in [9.17, 15) is 12.9 Å². The van der Waals surface area contributed by atoms with Gasteiger partial charge in [-0.2, -0.15) is 0 Å². The number of nitrogens with two attached hydrogens (primary N) is 1. The summed E-state index contributed by atoms with van der Waals surface area (Å²) >= 11 is 0. The fourth-order valence-corrected chi connectivity index (χ4v) is 0. The minimum atomic E-state index is -4.78. The third-order valence-electron chi connectivity index (χ3n) is 0.596. The van der Waals surface area contributed by atoms with E-state index in [0.29, 0.717) is 0 Å². The van der Waals surface area contributed by atoms with Crippen LogP contribution < -0.4 is 57.1 Å². The quantitative estimate of drug-likeness (QED) is 0.420. The van der Waals surface area contributed by atoms with Crippen LogP contribution in [0.3, 0.4) is 0 Å². The van der Waals surface area contributed by atoms with Crippen LogP contribution in [-0.4, -0.2) is 12.9 Å². The van der Waals surface area contributed by atoms with Crippen molar-refractivity contribution in [3.05, 3.63) is 0 Å². The molecule has 0 aliphatic rings. The predicted octanol–water partition coefficient (Wildman–Crippen LogP) is -2.28. The van der Waals surface area contributed by atoms with Gasteiger partial charge in [0.2, 0.25) is 0 Å². The first-order valence-corrected chi connectivity index (χ1v) is 1.90. The maximum absolute atomic E-state index is 11.1. The van der Waals surface area contributed by atoms with E-state index in [4.69, 9.17) is 0 Å². The van der Waals surface area contributed by atoms with E-state index in [1.54, 1.807) is 0 Å². The molecule has 0 saturated heterocycles. The zero-order valence-corrected chi connectivity index (χ0v) is 7.99. The SMILES string of the molecule is C[C@@H](N)[B-](F)(F)F.[K+]. The van der Waals surface area contributed by atoms with Crippen molar-refractivity contribution in [2.24, 2.45) is 5.73 Å². The van der Waals surface area contributed by atoms with Gasteiger partial charge in [-0.15, -0.1) is 0 Å². The first-order chi connectivity index (χ1) is 2.94. The number of halogens is 3. The summed E-state index contributed by atoms with van der Waals surface area (Å²) in [5.41, 5.74) is 4.47. The van der Waals surface area contributed by atoms with Crippen LogP contribution in [0.5, 0.6) is 0 Å². The van der Waals surface area contributed by atoms with Gasteiger partial charge in [0.05, 0.1) is 0 Å². The zero-order valence-electron chi connectivity index (χ0n) is 4.87. The molecule has 0 heterocycles. The molecule has 0 unspecified atom stereocenters. The van der Waals surface area contributed by atoms with E-state index in [2.05, 4.69) is 5.73 Å². The molecular formula is C2H6BF3KN. The van der Waals surface area contributed by atoms with Gasteiger partial charge in [0, 0.05) is 0 Å². The molecule has 0 saturated carbocycles. The van der Waals surface area contributed by atoms with Crippen molar-refractivity contribution in [3.63, 3.8) is 0 Å². The summed E-state index contributed by atoms with van der Waals surface area (Å²) < 4.78 is 33.3. The van der Waals surface area contributed by atoms with Crippen LogP contribution in [-0.2, 0) is 0 Å². The summed E-state index contributed by atoms with van der Waals surface area (Å²) in [6.07, 6.45) is 0. The van der Waals surface area contributed by atoms with Crippen LogP contribution in [0.25, 0.3) is 0 Å². The zero-order chi connectivity index (χ0) is 6.08. The third-order valence-corrected chi connectivity index (χ3v) is 0.596. The molecule has 8 heavy (non-hydrogen) atoms. The van der Waals surface area contributed by atoms with Crippen LogP contribution >= 0.6 is 0 Å². The Hall–Kier alpha value is 1.45. The van der Waals surface area contributed by atoms with Gasteiger partial charge in [-0.3, -0.25) is 0 Å². The van der Waals surface area contributed by atoms with Crippen molar-refractivity contribution in [1.29, 1.82) is 0 Å². The van der Waals surface area contributed by atoms with E-state index >= 15 is 0 Å². The van der Waals surface area contributed by atoms with Crippen molar-refractivity contribution in [2.75, 3.05) is 0 Å². The van der Waals surface area contributed by atoms with Gasteiger partial charge in [-0.25, -0.2) is 0 Å². The van der Waals surface area contributed by atoms with Gasteiger partial charge < -0.3 is 18.7 Å². The first kappa shape index (κ1) is 12.2. The molecule has 1 nitrogen and oxygen atoms in total. The fraction of sp³-hybridized carbons (Fsp3) is 1.00. The van der Waals surface area contributed by atoms with E-state index in [1.165, 1.54) is 0 Å². The topological polar surface area (TPSA) is 26.0 Å². The van der Waals surface area contributed by atoms with Crippen LogP contribution in [0.15, 0.2) is 0 Å². The van der Waals surface area contributed by atoms with Crippen molar-refractivity contribution in [1.82, 2.24) is 0 Å². The molecule has 0 bridgehead atoms.